The Balaban J connectivity index is 1.77. The first-order valence-electron chi connectivity index (χ1n) is 8.62. The van der Waals surface area contributed by atoms with Crippen molar-refractivity contribution in [2.75, 3.05) is 26.3 Å². The number of esters is 2. The molecule has 10 heteroatoms. The minimum atomic E-state index is -0.567. The number of nitrogens with one attached hydrogen (secondary N) is 2. The number of hydrogen-bond acceptors (Lipinski definition) is 8. The van der Waals surface area contributed by atoms with Gasteiger partial charge in [0.25, 0.3) is 0 Å². The third-order valence-corrected chi connectivity index (χ3v) is 5.79. The first kappa shape index (κ1) is 20.9. The summed E-state index contributed by atoms with van der Waals surface area (Å²) in [5, 5.41) is 6.84. The number of thiophene rings is 1. The Bertz CT molecular complexity index is 972. The summed E-state index contributed by atoms with van der Waals surface area (Å²) in [6.07, 6.45) is 0. The molecule has 1 aliphatic rings. The van der Waals surface area contributed by atoms with Gasteiger partial charge in [0.05, 0.1) is 25.8 Å². The van der Waals surface area contributed by atoms with Gasteiger partial charge in [-0.1, -0.05) is 6.07 Å². The SMILES string of the molecule is COC(=O)c1sc(NC(=S)NC(C)c2ccc3c(c2)OCO3)c(C(=O)OC)c1C. The lowest BCUT2D eigenvalue weighted by molar-refractivity contribution is 0.0601. The van der Waals surface area contributed by atoms with E-state index in [0.717, 1.165) is 16.9 Å². The molecule has 0 saturated heterocycles. The van der Waals surface area contributed by atoms with Crippen molar-refractivity contribution in [2.24, 2.45) is 0 Å². The molecule has 0 bridgehead atoms. The molecule has 0 amide bonds. The van der Waals surface area contributed by atoms with Crippen LogP contribution in [0.5, 0.6) is 11.5 Å². The molecule has 3 rings (SSSR count). The van der Waals surface area contributed by atoms with E-state index in [0.29, 0.717) is 26.9 Å². The minimum absolute atomic E-state index is 0.146. The van der Waals surface area contributed by atoms with Gasteiger partial charge in [-0.15, -0.1) is 11.3 Å². The van der Waals surface area contributed by atoms with Gasteiger partial charge >= 0.3 is 11.9 Å². The zero-order valence-corrected chi connectivity index (χ0v) is 17.9. The van der Waals surface area contributed by atoms with E-state index in [1.54, 1.807) is 6.92 Å². The van der Waals surface area contributed by atoms with Crippen molar-refractivity contribution in [1.29, 1.82) is 0 Å². The highest BCUT2D eigenvalue weighted by molar-refractivity contribution is 7.80. The molecule has 2 aromatic rings. The van der Waals surface area contributed by atoms with Gasteiger partial charge in [-0.25, -0.2) is 9.59 Å². The Hall–Kier alpha value is -2.85. The number of methoxy groups -OCH3 is 2. The predicted octanol–water partition coefficient (Wildman–Crippen LogP) is 3.41. The molecule has 1 atom stereocenters. The van der Waals surface area contributed by atoms with Gasteiger partial charge in [-0.3, -0.25) is 0 Å². The van der Waals surface area contributed by atoms with Gasteiger partial charge in [-0.05, 0) is 49.3 Å². The van der Waals surface area contributed by atoms with Crippen molar-refractivity contribution in [1.82, 2.24) is 5.32 Å². The van der Waals surface area contributed by atoms with Crippen LogP contribution in [-0.4, -0.2) is 38.1 Å². The largest absolute Gasteiger partial charge is 0.465 e. The van der Waals surface area contributed by atoms with E-state index in [2.05, 4.69) is 10.6 Å². The lowest BCUT2D eigenvalue weighted by atomic mass is 10.1. The number of rotatable bonds is 5. The Morgan fingerprint density at radius 3 is 2.55 bits per heavy atom. The fourth-order valence-electron chi connectivity index (χ4n) is 2.84. The van der Waals surface area contributed by atoms with Crippen molar-refractivity contribution in [3.8, 4) is 11.5 Å². The lowest BCUT2D eigenvalue weighted by Gasteiger charge is -2.17. The first-order chi connectivity index (χ1) is 13.8. The van der Waals surface area contributed by atoms with Crippen molar-refractivity contribution < 1.29 is 28.5 Å². The quantitative estimate of drug-likeness (QED) is 0.540. The molecule has 0 saturated carbocycles. The van der Waals surface area contributed by atoms with Crippen LogP contribution in [-0.2, 0) is 9.47 Å². The van der Waals surface area contributed by atoms with Crippen molar-refractivity contribution in [3.05, 3.63) is 39.8 Å². The molecule has 0 spiro atoms. The van der Waals surface area contributed by atoms with E-state index in [-0.39, 0.29) is 23.5 Å². The van der Waals surface area contributed by atoms with Crippen LogP contribution in [0.2, 0.25) is 0 Å². The summed E-state index contributed by atoms with van der Waals surface area (Å²) in [4.78, 5) is 24.5. The summed E-state index contributed by atoms with van der Waals surface area (Å²) in [5.74, 6) is 0.287. The number of fused-ring (bicyclic) bond motifs is 1. The standard InChI is InChI=1S/C19H20N2O6S2/c1-9-14(17(22)24-3)16(29-15(9)18(23)25-4)21-19(28)20-10(2)11-5-6-12-13(7-11)27-8-26-12/h5-7,10H,8H2,1-4H3,(H2,20,21,28). The summed E-state index contributed by atoms with van der Waals surface area (Å²) in [7, 11) is 2.56. The average Bonchev–Trinajstić information content (AvgIpc) is 3.30. The molecule has 1 aromatic carbocycles. The fourth-order valence-corrected chi connectivity index (χ4v) is 4.30. The molecule has 0 aliphatic carbocycles. The topological polar surface area (TPSA) is 95.1 Å². The summed E-state index contributed by atoms with van der Waals surface area (Å²) >= 11 is 6.48. The monoisotopic (exact) mass is 436 g/mol. The molecule has 1 aromatic heterocycles. The summed E-state index contributed by atoms with van der Waals surface area (Å²) in [6, 6.07) is 5.49. The fraction of sp³-hybridized carbons (Fsp3) is 0.316. The van der Waals surface area contributed by atoms with Crippen LogP contribution in [0.4, 0.5) is 5.00 Å². The van der Waals surface area contributed by atoms with Gasteiger partial charge in [-0.2, -0.15) is 0 Å². The Kier molecular flexibility index (Phi) is 6.23. The normalized spacial score (nSPS) is 12.8. The minimum Gasteiger partial charge on any atom is -0.465 e. The lowest BCUT2D eigenvalue weighted by Crippen LogP contribution is -2.31. The second-order valence-corrected chi connectivity index (χ2v) is 7.61. The van der Waals surface area contributed by atoms with Crippen LogP contribution in [0, 0.1) is 6.92 Å². The van der Waals surface area contributed by atoms with Crippen molar-refractivity contribution in [3.63, 3.8) is 0 Å². The molecular weight excluding hydrogens is 416 g/mol. The number of ether oxygens (including phenoxy) is 4. The van der Waals surface area contributed by atoms with E-state index in [1.165, 1.54) is 14.2 Å². The van der Waals surface area contributed by atoms with E-state index >= 15 is 0 Å². The summed E-state index contributed by atoms with van der Waals surface area (Å²) in [6.45, 7) is 3.80. The van der Waals surface area contributed by atoms with Crippen LogP contribution < -0.4 is 20.1 Å². The number of thiocarbonyl (C=S) groups is 1. The second kappa shape index (κ2) is 8.66. The molecule has 2 heterocycles. The Labute approximate surface area is 177 Å². The highest BCUT2D eigenvalue weighted by Gasteiger charge is 2.26. The molecule has 1 aliphatic heterocycles. The van der Waals surface area contributed by atoms with Crippen LogP contribution >= 0.6 is 23.6 Å². The molecule has 29 heavy (non-hydrogen) atoms. The highest BCUT2D eigenvalue weighted by atomic mass is 32.1. The molecule has 8 nitrogen and oxygen atoms in total. The summed E-state index contributed by atoms with van der Waals surface area (Å²) < 4.78 is 20.4. The maximum Gasteiger partial charge on any atom is 0.348 e. The maximum atomic E-state index is 12.2. The Morgan fingerprint density at radius 1 is 1.17 bits per heavy atom. The predicted molar refractivity (Wildman–Crippen MR) is 112 cm³/mol. The number of carbonyl (C=O) groups excluding carboxylic acids is 2. The smallest absolute Gasteiger partial charge is 0.348 e. The van der Waals surface area contributed by atoms with E-state index in [9.17, 15) is 9.59 Å². The zero-order valence-electron chi connectivity index (χ0n) is 16.3. The maximum absolute atomic E-state index is 12.2. The van der Waals surface area contributed by atoms with Crippen molar-refractivity contribution in [2.45, 2.75) is 19.9 Å². The molecule has 0 radical (unpaired) electrons. The second-order valence-electron chi connectivity index (χ2n) is 6.18. The van der Waals surface area contributed by atoms with Gasteiger partial charge in [0.1, 0.15) is 9.88 Å². The van der Waals surface area contributed by atoms with E-state index < -0.39 is 11.9 Å². The Morgan fingerprint density at radius 2 is 1.86 bits per heavy atom. The molecule has 2 N–H and O–H groups in total. The van der Waals surface area contributed by atoms with Gasteiger partial charge < -0.3 is 29.6 Å². The molecular formula is C19H20N2O6S2. The van der Waals surface area contributed by atoms with Crippen LogP contribution in [0.15, 0.2) is 18.2 Å². The number of benzene rings is 1. The first-order valence-corrected chi connectivity index (χ1v) is 9.85. The van der Waals surface area contributed by atoms with Crippen LogP contribution in [0.25, 0.3) is 0 Å². The number of carbonyl (C=O) groups is 2. The van der Waals surface area contributed by atoms with Crippen LogP contribution in [0.3, 0.4) is 0 Å². The van der Waals surface area contributed by atoms with Gasteiger partial charge in [0, 0.05) is 0 Å². The number of hydrogen-bond donors (Lipinski definition) is 2. The van der Waals surface area contributed by atoms with Gasteiger partial charge in [0.2, 0.25) is 6.79 Å². The third kappa shape index (κ3) is 4.28. The third-order valence-electron chi connectivity index (χ3n) is 4.38. The van der Waals surface area contributed by atoms with Gasteiger partial charge in [0.15, 0.2) is 16.6 Å². The highest BCUT2D eigenvalue weighted by Crippen LogP contribution is 2.35. The van der Waals surface area contributed by atoms with Crippen LogP contribution in [0.1, 0.15) is 44.1 Å². The van der Waals surface area contributed by atoms with Crippen molar-refractivity contribution >= 4 is 45.6 Å². The average molecular weight is 437 g/mol. The molecule has 1 unspecified atom stereocenters. The molecule has 154 valence electrons. The van der Waals surface area contributed by atoms with E-state index in [1.807, 2.05) is 25.1 Å². The zero-order chi connectivity index (χ0) is 21.1. The van der Waals surface area contributed by atoms with E-state index in [4.69, 9.17) is 31.2 Å². The summed E-state index contributed by atoms with van der Waals surface area (Å²) in [5.41, 5.74) is 1.67. The number of anilines is 1. The molecule has 0 fully saturated rings.